The summed E-state index contributed by atoms with van der Waals surface area (Å²) in [5.41, 5.74) is 3.38. The summed E-state index contributed by atoms with van der Waals surface area (Å²) in [6, 6.07) is 22.2. The van der Waals surface area contributed by atoms with Gasteiger partial charge in [-0.1, -0.05) is 57.2 Å². The number of nitrogens with one attached hydrogen (secondary N) is 4. The van der Waals surface area contributed by atoms with Crippen LogP contribution in [0.25, 0.3) is 5.69 Å². The van der Waals surface area contributed by atoms with Gasteiger partial charge in [-0.2, -0.15) is 5.10 Å². The van der Waals surface area contributed by atoms with E-state index < -0.39 is 23.8 Å². The topological polar surface area (TPSA) is 158 Å². The molecule has 0 aliphatic rings. The smallest absolute Gasteiger partial charge is 0.335 e. The molecular weight excluding hydrogens is 548 g/mol. The molecule has 4 rings (SSSR count). The van der Waals surface area contributed by atoms with Crippen molar-refractivity contribution in [2.75, 3.05) is 10.6 Å². The minimum absolute atomic E-state index is 0.0160. The van der Waals surface area contributed by atoms with Gasteiger partial charge in [-0.05, 0) is 61.4 Å². The number of aromatic carboxylic acids is 1. The van der Waals surface area contributed by atoms with Gasteiger partial charge < -0.3 is 20.8 Å². The number of carbonyl (C=O) groups excluding carboxylic acids is 2. The van der Waals surface area contributed by atoms with Crippen LogP contribution in [-0.4, -0.2) is 43.8 Å². The quantitative estimate of drug-likeness (QED) is 0.151. The fourth-order valence-electron chi connectivity index (χ4n) is 4.19. The second-order valence-corrected chi connectivity index (χ2v) is 11.4. The van der Waals surface area contributed by atoms with Gasteiger partial charge in [0.15, 0.2) is 5.85 Å². The molecule has 0 saturated carbocycles. The van der Waals surface area contributed by atoms with Crippen LogP contribution in [0.5, 0.6) is 0 Å². The summed E-state index contributed by atoms with van der Waals surface area (Å²) in [4.78, 5) is 36.8. The molecule has 0 aliphatic heterocycles. The van der Waals surface area contributed by atoms with E-state index in [0.29, 0.717) is 22.8 Å². The SMILES string of the molecule is Cc1ccc(C(=O)NC(C)(O)NCc2ccc(-n3nc(C(C)(C)C)cc3NC(=O)Nc3ccccc3)cc2)cc1C(=O)O. The van der Waals surface area contributed by atoms with Crippen molar-refractivity contribution in [3.63, 3.8) is 0 Å². The zero-order chi connectivity index (χ0) is 31.4. The predicted octanol–water partition coefficient (Wildman–Crippen LogP) is 5.01. The van der Waals surface area contributed by atoms with Crippen molar-refractivity contribution in [2.24, 2.45) is 0 Å². The van der Waals surface area contributed by atoms with Crippen molar-refractivity contribution in [3.05, 3.63) is 107 Å². The Morgan fingerprint density at radius 3 is 2.19 bits per heavy atom. The average molecular weight is 585 g/mol. The molecule has 3 aromatic carbocycles. The molecule has 6 N–H and O–H groups in total. The fourth-order valence-corrected chi connectivity index (χ4v) is 4.19. The number of aliphatic hydroxyl groups is 1. The van der Waals surface area contributed by atoms with Crippen LogP contribution in [0, 0.1) is 6.92 Å². The average Bonchev–Trinajstić information content (AvgIpc) is 3.37. The summed E-state index contributed by atoms with van der Waals surface area (Å²) < 4.78 is 1.66. The molecule has 0 bridgehead atoms. The molecule has 3 amide bonds. The van der Waals surface area contributed by atoms with Gasteiger partial charge in [0.2, 0.25) is 0 Å². The highest BCUT2D eigenvalue weighted by atomic mass is 16.4. The van der Waals surface area contributed by atoms with Gasteiger partial charge in [-0.3, -0.25) is 15.4 Å². The van der Waals surface area contributed by atoms with E-state index in [1.165, 1.54) is 19.1 Å². The Kier molecular flexibility index (Phi) is 8.98. The Labute approximate surface area is 249 Å². The van der Waals surface area contributed by atoms with Crippen molar-refractivity contribution < 1.29 is 24.6 Å². The van der Waals surface area contributed by atoms with Crippen molar-refractivity contribution in [1.29, 1.82) is 0 Å². The summed E-state index contributed by atoms with van der Waals surface area (Å²) in [7, 11) is 0. The first-order valence-electron chi connectivity index (χ1n) is 13.7. The number of rotatable bonds is 9. The summed E-state index contributed by atoms with van der Waals surface area (Å²) in [6.45, 7) is 9.36. The number of aryl methyl sites for hydroxylation is 1. The van der Waals surface area contributed by atoms with E-state index in [1.807, 2.05) is 69.3 Å². The molecule has 0 radical (unpaired) electrons. The third-order valence-corrected chi connectivity index (χ3v) is 6.66. The monoisotopic (exact) mass is 584 g/mol. The molecule has 11 nitrogen and oxygen atoms in total. The van der Waals surface area contributed by atoms with E-state index in [0.717, 1.165) is 11.3 Å². The molecule has 0 aliphatic carbocycles. The van der Waals surface area contributed by atoms with Crippen LogP contribution in [0.4, 0.5) is 16.3 Å². The van der Waals surface area contributed by atoms with Gasteiger partial charge >= 0.3 is 12.0 Å². The number of amides is 3. The number of carboxylic acids is 1. The molecule has 43 heavy (non-hydrogen) atoms. The number of carboxylic acid groups (broad SMARTS) is 1. The first-order chi connectivity index (χ1) is 20.2. The normalized spacial score (nSPS) is 12.7. The highest BCUT2D eigenvalue weighted by molar-refractivity contribution is 5.99. The number of hydrogen-bond donors (Lipinski definition) is 6. The van der Waals surface area contributed by atoms with Gasteiger partial charge in [0, 0.05) is 29.3 Å². The lowest BCUT2D eigenvalue weighted by Gasteiger charge is -2.26. The first kappa shape index (κ1) is 30.9. The highest BCUT2D eigenvalue weighted by Gasteiger charge is 2.24. The maximum absolute atomic E-state index is 12.7. The molecule has 1 atom stereocenters. The largest absolute Gasteiger partial charge is 0.478 e. The number of para-hydroxylation sites is 1. The standard InChI is InChI=1S/C32H36N6O5/c1-20-11-14-22(17-25(20)29(40)41)28(39)36-32(5,43)33-19-21-12-15-24(16-13-21)38-27(18-26(37-38)31(2,3)4)35-30(42)34-23-9-7-6-8-10-23/h6-18,33,43H,19H2,1-5H3,(H,36,39)(H,40,41)(H2,34,35,42). The Morgan fingerprint density at radius 1 is 0.884 bits per heavy atom. The first-order valence-corrected chi connectivity index (χ1v) is 13.7. The van der Waals surface area contributed by atoms with Crippen LogP contribution in [0.3, 0.4) is 0 Å². The third-order valence-electron chi connectivity index (χ3n) is 6.66. The number of anilines is 2. The number of urea groups is 1. The van der Waals surface area contributed by atoms with E-state index in [4.69, 9.17) is 5.10 Å². The molecule has 1 unspecified atom stereocenters. The Hall–Kier alpha value is -5.00. The Balaban J connectivity index is 1.44. The van der Waals surface area contributed by atoms with Crippen molar-refractivity contribution in [2.45, 2.75) is 52.4 Å². The third kappa shape index (κ3) is 8.06. The van der Waals surface area contributed by atoms with Crippen molar-refractivity contribution in [1.82, 2.24) is 20.4 Å². The number of hydrogen-bond acceptors (Lipinski definition) is 6. The van der Waals surface area contributed by atoms with Crippen LogP contribution in [0.2, 0.25) is 0 Å². The lowest BCUT2D eigenvalue weighted by molar-refractivity contribution is -0.00718. The minimum atomic E-state index is -1.78. The molecule has 4 aromatic rings. The molecule has 1 heterocycles. The van der Waals surface area contributed by atoms with E-state index in [-0.39, 0.29) is 23.1 Å². The zero-order valence-electron chi connectivity index (χ0n) is 24.7. The van der Waals surface area contributed by atoms with Crippen molar-refractivity contribution in [3.8, 4) is 5.69 Å². The fraction of sp³-hybridized carbons (Fsp3) is 0.250. The van der Waals surface area contributed by atoms with Crippen LogP contribution >= 0.6 is 0 Å². The summed E-state index contributed by atoms with van der Waals surface area (Å²) in [5, 5.41) is 35.9. The number of aromatic nitrogens is 2. The second-order valence-electron chi connectivity index (χ2n) is 11.4. The number of benzene rings is 3. The van der Waals surface area contributed by atoms with Crippen LogP contribution < -0.4 is 21.3 Å². The predicted molar refractivity (Wildman–Crippen MR) is 164 cm³/mol. The van der Waals surface area contributed by atoms with E-state index in [2.05, 4.69) is 21.3 Å². The number of carbonyl (C=O) groups is 3. The van der Waals surface area contributed by atoms with Crippen LogP contribution in [0.1, 0.15) is 65.2 Å². The summed E-state index contributed by atoms with van der Waals surface area (Å²) in [6.07, 6.45) is 0. The second kappa shape index (κ2) is 12.5. The lowest BCUT2D eigenvalue weighted by Crippen LogP contribution is -2.56. The Morgan fingerprint density at radius 2 is 1.56 bits per heavy atom. The number of nitrogens with zero attached hydrogens (tertiary/aromatic N) is 2. The van der Waals surface area contributed by atoms with Gasteiger partial charge in [0.05, 0.1) is 16.9 Å². The molecule has 11 heteroatoms. The highest BCUT2D eigenvalue weighted by Crippen LogP contribution is 2.27. The molecule has 0 saturated heterocycles. The minimum Gasteiger partial charge on any atom is -0.478 e. The van der Waals surface area contributed by atoms with E-state index in [9.17, 15) is 24.6 Å². The van der Waals surface area contributed by atoms with Gasteiger partial charge in [-0.25, -0.2) is 14.3 Å². The Bertz CT molecular complexity index is 1620. The van der Waals surface area contributed by atoms with E-state index in [1.54, 1.807) is 29.8 Å². The molecule has 1 aromatic heterocycles. The molecule has 0 fully saturated rings. The molecule has 0 spiro atoms. The van der Waals surface area contributed by atoms with E-state index >= 15 is 0 Å². The van der Waals surface area contributed by atoms with Gasteiger partial charge in [0.1, 0.15) is 5.82 Å². The van der Waals surface area contributed by atoms with Crippen molar-refractivity contribution >= 4 is 29.4 Å². The van der Waals surface area contributed by atoms with Gasteiger partial charge in [-0.15, -0.1) is 0 Å². The molecule has 224 valence electrons. The maximum Gasteiger partial charge on any atom is 0.335 e. The summed E-state index contributed by atoms with van der Waals surface area (Å²) >= 11 is 0. The van der Waals surface area contributed by atoms with Crippen LogP contribution in [0.15, 0.2) is 78.9 Å². The maximum atomic E-state index is 12.7. The van der Waals surface area contributed by atoms with Crippen LogP contribution in [-0.2, 0) is 12.0 Å². The lowest BCUT2D eigenvalue weighted by atomic mass is 9.92. The summed E-state index contributed by atoms with van der Waals surface area (Å²) in [5.74, 6) is -3.04. The van der Waals surface area contributed by atoms with Gasteiger partial charge in [0.25, 0.3) is 5.91 Å². The zero-order valence-corrected chi connectivity index (χ0v) is 24.7. The molecular formula is C32H36N6O5.